The van der Waals surface area contributed by atoms with E-state index in [0.717, 1.165) is 25.7 Å². The molecule has 1 N–H and O–H groups in total. The highest BCUT2D eigenvalue weighted by molar-refractivity contribution is 5.95. The number of pyridine rings is 1. The van der Waals surface area contributed by atoms with Gasteiger partial charge in [-0.2, -0.15) is 9.97 Å². The summed E-state index contributed by atoms with van der Waals surface area (Å²) in [7, 11) is 0. The number of aryl methyl sites for hydroxylation is 1. The number of aliphatic hydroxyl groups is 1. The van der Waals surface area contributed by atoms with Crippen molar-refractivity contribution in [2.75, 3.05) is 18.2 Å². The molecule has 1 aliphatic heterocycles. The first kappa shape index (κ1) is 18.1. The van der Waals surface area contributed by atoms with Gasteiger partial charge in [0.1, 0.15) is 10.9 Å². The van der Waals surface area contributed by atoms with Crippen molar-refractivity contribution < 1.29 is 19.0 Å². The van der Waals surface area contributed by atoms with Crippen molar-refractivity contribution >= 4 is 16.7 Å². The van der Waals surface area contributed by atoms with E-state index in [0.29, 0.717) is 23.6 Å². The average molecular weight is 360 g/mol. The number of anilines is 1. The van der Waals surface area contributed by atoms with Crippen LogP contribution in [0.15, 0.2) is 0 Å². The first-order valence-electron chi connectivity index (χ1n) is 8.61. The van der Waals surface area contributed by atoms with Crippen LogP contribution >= 0.6 is 0 Å². The lowest BCUT2D eigenvalue weighted by Gasteiger charge is -2.29. The number of halogens is 1. The fourth-order valence-electron chi connectivity index (χ4n) is 2.83. The van der Waals surface area contributed by atoms with Crippen LogP contribution in [0.5, 0.6) is 11.9 Å². The first-order chi connectivity index (χ1) is 12.5. The van der Waals surface area contributed by atoms with Crippen LogP contribution in [0.1, 0.15) is 38.3 Å². The second-order valence-electron chi connectivity index (χ2n) is 6.10. The van der Waals surface area contributed by atoms with Gasteiger partial charge in [0, 0.05) is 6.54 Å². The molecule has 0 aromatic carbocycles. The Balaban J connectivity index is 2.04. The number of unbranched alkanes of at least 4 members (excludes halogenated alkanes) is 3. The van der Waals surface area contributed by atoms with Crippen molar-refractivity contribution in [3.8, 4) is 24.2 Å². The van der Waals surface area contributed by atoms with Gasteiger partial charge >= 0.3 is 6.01 Å². The third kappa shape index (κ3) is 3.48. The molecule has 138 valence electrons. The lowest BCUT2D eigenvalue weighted by atomic mass is 10.2. The third-order valence-electron chi connectivity index (χ3n) is 4.18. The SMILES string of the molecule is C#CC(O)Oc1nc2c3c(nc(C)c(F)c3n1)OCN2CCCCCC. The van der Waals surface area contributed by atoms with Gasteiger partial charge in [-0.05, 0) is 19.3 Å². The van der Waals surface area contributed by atoms with E-state index in [-0.39, 0.29) is 24.0 Å². The summed E-state index contributed by atoms with van der Waals surface area (Å²) in [5.41, 5.74) is 0.201. The fraction of sp³-hybridized carbons (Fsp3) is 0.500. The Morgan fingerprint density at radius 2 is 2.15 bits per heavy atom. The van der Waals surface area contributed by atoms with E-state index >= 15 is 0 Å². The zero-order valence-electron chi connectivity index (χ0n) is 14.8. The Bertz CT molecular complexity index is 853. The number of aromatic nitrogens is 3. The maximum absolute atomic E-state index is 14.6. The van der Waals surface area contributed by atoms with Gasteiger partial charge in [-0.15, -0.1) is 6.42 Å². The molecule has 1 atom stereocenters. The number of hydrogen-bond acceptors (Lipinski definition) is 7. The molecule has 1 aliphatic rings. The van der Waals surface area contributed by atoms with Crippen LogP contribution in [-0.2, 0) is 0 Å². The molecule has 0 amide bonds. The van der Waals surface area contributed by atoms with Crippen molar-refractivity contribution in [1.29, 1.82) is 0 Å². The molecule has 0 saturated carbocycles. The van der Waals surface area contributed by atoms with E-state index < -0.39 is 12.1 Å². The molecule has 3 rings (SSSR count). The molecule has 7 nitrogen and oxygen atoms in total. The number of ether oxygens (including phenoxy) is 2. The van der Waals surface area contributed by atoms with Crippen LogP contribution in [0.25, 0.3) is 10.9 Å². The summed E-state index contributed by atoms with van der Waals surface area (Å²) in [6.45, 7) is 4.62. The van der Waals surface area contributed by atoms with Gasteiger partial charge in [-0.1, -0.05) is 26.2 Å². The largest absolute Gasteiger partial charge is 0.456 e. The number of nitrogens with zero attached hydrogens (tertiary/aromatic N) is 4. The predicted octanol–water partition coefficient (Wildman–Crippen LogP) is 2.54. The Morgan fingerprint density at radius 1 is 1.35 bits per heavy atom. The first-order valence-corrected chi connectivity index (χ1v) is 8.61. The van der Waals surface area contributed by atoms with E-state index in [2.05, 4.69) is 21.9 Å². The highest BCUT2D eigenvalue weighted by Gasteiger charge is 2.28. The molecule has 0 radical (unpaired) electrons. The van der Waals surface area contributed by atoms with Crippen molar-refractivity contribution in [2.45, 2.75) is 45.8 Å². The molecule has 0 saturated heterocycles. The summed E-state index contributed by atoms with van der Waals surface area (Å²) in [5.74, 6) is 2.20. The van der Waals surface area contributed by atoms with Gasteiger partial charge in [0.05, 0.1) is 5.69 Å². The molecule has 8 heteroatoms. The Labute approximate surface area is 151 Å². The standard InChI is InChI=1S/C18H21FN4O3/c1-4-6-7-8-9-23-10-25-17-13-15(14(19)11(3)20-17)21-18(22-16(13)23)26-12(24)5-2/h2,12,24H,4,6-10H2,1,3H3. The summed E-state index contributed by atoms with van der Waals surface area (Å²) in [6.07, 6.45) is 7.91. The quantitative estimate of drug-likeness (QED) is 0.462. The molecular formula is C18H21FN4O3. The second-order valence-corrected chi connectivity index (χ2v) is 6.10. The van der Waals surface area contributed by atoms with Crippen LogP contribution in [0, 0.1) is 25.1 Å². The van der Waals surface area contributed by atoms with E-state index in [1.54, 1.807) is 0 Å². The number of rotatable bonds is 7. The minimum atomic E-state index is -1.51. The normalized spacial score (nSPS) is 14.0. The topological polar surface area (TPSA) is 80.6 Å². The molecule has 0 fully saturated rings. The van der Waals surface area contributed by atoms with Gasteiger partial charge in [0.15, 0.2) is 18.4 Å². The van der Waals surface area contributed by atoms with E-state index in [1.165, 1.54) is 6.92 Å². The predicted molar refractivity (Wildman–Crippen MR) is 94.5 cm³/mol. The van der Waals surface area contributed by atoms with Crippen molar-refractivity contribution in [3.63, 3.8) is 0 Å². The van der Waals surface area contributed by atoms with Gasteiger partial charge in [0.2, 0.25) is 5.88 Å². The molecule has 1 unspecified atom stereocenters. The lowest BCUT2D eigenvalue weighted by Crippen LogP contribution is -2.33. The smallest absolute Gasteiger partial charge is 0.322 e. The summed E-state index contributed by atoms with van der Waals surface area (Å²) in [6, 6.07) is -0.186. The van der Waals surface area contributed by atoms with Crippen molar-refractivity contribution in [2.24, 2.45) is 0 Å². The minimum absolute atomic E-state index is 0.0370. The van der Waals surface area contributed by atoms with Gasteiger partial charge in [-0.25, -0.2) is 9.37 Å². The highest BCUT2D eigenvalue weighted by Crippen LogP contribution is 2.38. The van der Waals surface area contributed by atoms with E-state index in [1.807, 2.05) is 10.8 Å². The average Bonchev–Trinajstić information content (AvgIpc) is 2.64. The Hall–Kier alpha value is -2.66. The van der Waals surface area contributed by atoms with Crippen LogP contribution in [0.3, 0.4) is 0 Å². The molecular weight excluding hydrogens is 339 g/mol. The third-order valence-corrected chi connectivity index (χ3v) is 4.18. The Kier molecular flexibility index (Phi) is 5.38. The number of terminal acetylenes is 1. The lowest BCUT2D eigenvalue weighted by molar-refractivity contribution is 0.0258. The molecule has 0 aliphatic carbocycles. The fourth-order valence-corrected chi connectivity index (χ4v) is 2.83. The summed E-state index contributed by atoms with van der Waals surface area (Å²) >= 11 is 0. The van der Waals surface area contributed by atoms with Crippen LogP contribution in [0.2, 0.25) is 0 Å². The van der Waals surface area contributed by atoms with Crippen LogP contribution in [-0.4, -0.2) is 39.6 Å². The summed E-state index contributed by atoms with van der Waals surface area (Å²) in [4.78, 5) is 14.4. The molecule has 3 heterocycles. The maximum Gasteiger partial charge on any atom is 0.322 e. The zero-order chi connectivity index (χ0) is 18.7. The molecule has 2 aromatic rings. The van der Waals surface area contributed by atoms with Crippen LogP contribution < -0.4 is 14.4 Å². The number of aliphatic hydroxyl groups excluding tert-OH is 1. The molecule has 2 aromatic heterocycles. The summed E-state index contributed by atoms with van der Waals surface area (Å²) < 4.78 is 25.4. The van der Waals surface area contributed by atoms with E-state index in [4.69, 9.17) is 15.9 Å². The second kappa shape index (κ2) is 7.70. The molecule has 0 spiro atoms. The van der Waals surface area contributed by atoms with Gasteiger partial charge in [0.25, 0.3) is 6.29 Å². The minimum Gasteiger partial charge on any atom is -0.456 e. The van der Waals surface area contributed by atoms with Crippen LogP contribution in [0.4, 0.5) is 10.2 Å². The van der Waals surface area contributed by atoms with Gasteiger partial charge in [-0.3, -0.25) is 0 Å². The monoisotopic (exact) mass is 360 g/mol. The maximum atomic E-state index is 14.6. The van der Waals surface area contributed by atoms with Crippen molar-refractivity contribution in [1.82, 2.24) is 15.0 Å². The molecule has 0 bridgehead atoms. The van der Waals surface area contributed by atoms with Gasteiger partial charge < -0.3 is 19.5 Å². The van der Waals surface area contributed by atoms with E-state index in [9.17, 15) is 9.50 Å². The molecule has 26 heavy (non-hydrogen) atoms. The highest BCUT2D eigenvalue weighted by atomic mass is 19.1. The number of hydrogen-bond donors (Lipinski definition) is 1. The summed E-state index contributed by atoms with van der Waals surface area (Å²) in [5, 5.41) is 9.92. The zero-order valence-corrected chi connectivity index (χ0v) is 14.8. The Morgan fingerprint density at radius 3 is 2.88 bits per heavy atom. The van der Waals surface area contributed by atoms with Crippen molar-refractivity contribution in [3.05, 3.63) is 11.5 Å².